The van der Waals surface area contributed by atoms with E-state index in [0.29, 0.717) is 0 Å². The fourth-order valence-corrected chi connectivity index (χ4v) is 3.16. The average Bonchev–Trinajstić information content (AvgIpc) is 2.45. The summed E-state index contributed by atoms with van der Waals surface area (Å²) >= 11 is 0. The van der Waals surface area contributed by atoms with Gasteiger partial charge in [-0.1, -0.05) is 30.3 Å². The van der Waals surface area contributed by atoms with E-state index in [-0.39, 0.29) is 0 Å². The Morgan fingerprint density at radius 3 is 3.06 bits per heavy atom. The van der Waals surface area contributed by atoms with E-state index in [0.717, 1.165) is 11.8 Å². The number of piperidine rings is 1. The van der Waals surface area contributed by atoms with Gasteiger partial charge in [0.15, 0.2) is 0 Å². The van der Waals surface area contributed by atoms with Crippen LogP contribution in [0.25, 0.3) is 5.57 Å². The lowest BCUT2D eigenvalue weighted by atomic mass is 9.83. The third kappa shape index (κ3) is 1.69. The third-order valence-corrected chi connectivity index (χ3v) is 4.05. The molecule has 0 spiro atoms. The molecule has 3 rings (SSSR count). The van der Waals surface area contributed by atoms with Crippen LogP contribution in [-0.4, -0.2) is 13.1 Å². The molecule has 1 aliphatic carbocycles. The van der Waals surface area contributed by atoms with Gasteiger partial charge in [0.1, 0.15) is 0 Å². The first kappa shape index (κ1) is 10.1. The zero-order valence-electron chi connectivity index (χ0n) is 9.87. The van der Waals surface area contributed by atoms with E-state index in [2.05, 4.69) is 42.6 Å². The lowest BCUT2D eigenvalue weighted by molar-refractivity contribution is 0.303. The topological polar surface area (TPSA) is 12.0 Å². The first-order chi connectivity index (χ1) is 7.84. The molecule has 0 amide bonds. The van der Waals surface area contributed by atoms with Gasteiger partial charge in [0.25, 0.3) is 0 Å². The van der Waals surface area contributed by atoms with E-state index in [9.17, 15) is 0 Å². The predicted octanol–water partition coefficient (Wildman–Crippen LogP) is 2.87. The molecular weight excluding hydrogens is 194 g/mol. The summed E-state index contributed by atoms with van der Waals surface area (Å²) in [6.45, 7) is 4.63. The van der Waals surface area contributed by atoms with Gasteiger partial charge >= 0.3 is 0 Å². The largest absolute Gasteiger partial charge is 0.316 e. The molecule has 2 atom stereocenters. The molecule has 16 heavy (non-hydrogen) atoms. The second kappa shape index (κ2) is 4.06. The van der Waals surface area contributed by atoms with Crippen molar-refractivity contribution in [3.8, 4) is 0 Å². The molecule has 1 N–H and O–H groups in total. The minimum absolute atomic E-state index is 0.786. The summed E-state index contributed by atoms with van der Waals surface area (Å²) < 4.78 is 0. The Balaban J connectivity index is 2.02. The first-order valence-corrected chi connectivity index (χ1v) is 6.32. The summed E-state index contributed by atoms with van der Waals surface area (Å²) in [6, 6.07) is 8.89. The lowest BCUT2D eigenvalue weighted by Crippen LogP contribution is -2.36. The van der Waals surface area contributed by atoms with Crippen molar-refractivity contribution in [3.05, 3.63) is 41.5 Å². The van der Waals surface area contributed by atoms with Crippen LogP contribution in [0.3, 0.4) is 0 Å². The summed E-state index contributed by atoms with van der Waals surface area (Å²) in [7, 11) is 0. The molecule has 0 unspecified atom stereocenters. The van der Waals surface area contributed by atoms with Crippen molar-refractivity contribution in [3.63, 3.8) is 0 Å². The summed E-state index contributed by atoms with van der Waals surface area (Å²) in [5, 5.41) is 3.53. The van der Waals surface area contributed by atoms with Crippen LogP contribution in [-0.2, 0) is 6.42 Å². The van der Waals surface area contributed by atoms with E-state index in [1.165, 1.54) is 42.6 Å². The second-order valence-electron chi connectivity index (χ2n) is 5.13. The van der Waals surface area contributed by atoms with E-state index in [1.807, 2.05) is 0 Å². The molecule has 1 nitrogen and oxygen atoms in total. The van der Waals surface area contributed by atoms with Gasteiger partial charge in [-0.2, -0.15) is 0 Å². The molecule has 1 aromatic rings. The fraction of sp³-hybridized carbons (Fsp3) is 0.467. The maximum atomic E-state index is 3.53. The van der Waals surface area contributed by atoms with Gasteiger partial charge in [0, 0.05) is 0 Å². The number of hydrogen-bond acceptors (Lipinski definition) is 1. The molecule has 1 aliphatic heterocycles. The summed E-state index contributed by atoms with van der Waals surface area (Å²) in [5.74, 6) is 1.58. The van der Waals surface area contributed by atoms with E-state index in [1.54, 1.807) is 0 Å². The van der Waals surface area contributed by atoms with E-state index < -0.39 is 0 Å². The van der Waals surface area contributed by atoms with Gasteiger partial charge < -0.3 is 5.32 Å². The monoisotopic (exact) mass is 213 g/mol. The predicted molar refractivity (Wildman–Crippen MR) is 68.3 cm³/mol. The zero-order chi connectivity index (χ0) is 11.0. The highest BCUT2D eigenvalue weighted by Crippen LogP contribution is 2.33. The van der Waals surface area contributed by atoms with Gasteiger partial charge in [-0.05, 0) is 61.4 Å². The molecule has 0 saturated carbocycles. The molecule has 1 heteroatoms. The summed E-state index contributed by atoms with van der Waals surface area (Å²) in [4.78, 5) is 0. The number of rotatable bonds is 0. The highest BCUT2D eigenvalue weighted by Gasteiger charge is 2.26. The van der Waals surface area contributed by atoms with Crippen LogP contribution >= 0.6 is 0 Å². The molecule has 1 heterocycles. The molecule has 1 fully saturated rings. The van der Waals surface area contributed by atoms with Crippen LogP contribution < -0.4 is 5.32 Å². The van der Waals surface area contributed by atoms with E-state index in [4.69, 9.17) is 0 Å². The van der Waals surface area contributed by atoms with Crippen LogP contribution in [0, 0.1) is 11.8 Å². The molecule has 2 aliphatic rings. The van der Waals surface area contributed by atoms with E-state index >= 15 is 0 Å². The van der Waals surface area contributed by atoms with Gasteiger partial charge in [0.2, 0.25) is 0 Å². The Morgan fingerprint density at radius 1 is 1.25 bits per heavy atom. The Bertz CT molecular complexity index is 419. The van der Waals surface area contributed by atoms with Crippen LogP contribution in [0.2, 0.25) is 0 Å². The maximum Gasteiger partial charge on any atom is -0.00117 e. The van der Waals surface area contributed by atoms with Gasteiger partial charge in [0.05, 0.1) is 0 Å². The van der Waals surface area contributed by atoms with Crippen LogP contribution in [0.4, 0.5) is 0 Å². The molecule has 0 bridgehead atoms. The number of nitrogens with one attached hydrogen (secondary N) is 1. The Labute approximate surface area is 97.6 Å². The van der Waals surface area contributed by atoms with Crippen molar-refractivity contribution in [2.45, 2.75) is 19.8 Å². The molecule has 0 radical (unpaired) electrons. The van der Waals surface area contributed by atoms with Crippen molar-refractivity contribution >= 4 is 5.57 Å². The lowest BCUT2D eigenvalue weighted by Gasteiger charge is -2.29. The third-order valence-electron chi connectivity index (χ3n) is 4.05. The van der Waals surface area contributed by atoms with Gasteiger partial charge in [-0.25, -0.2) is 0 Å². The van der Waals surface area contributed by atoms with Crippen LogP contribution in [0.15, 0.2) is 30.3 Å². The smallest absolute Gasteiger partial charge is 0.00117 e. The standard InChI is InChI=1S/C15H19N/c1-11-8-12-6-7-16-10-14(12)9-13-4-2-3-5-15(11)13/h2-5,8,12,14,16H,6-7,9-10H2,1H3/t12-,14-/m0/s1. The molecule has 1 aromatic carbocycles. The van der Waals surface area contributed by atoms with Gasteiger partial charge in [-0.15, -0.1) is 0 Å². The Kier molecular flexibility index (Phi) is 2.56. The molecule has 0 aromatic heterocycles. The zero-order valence-corrected chi connectivity index (χ0v) is 9.87. The minimum atomic E-state index is 0.786. The van der Waals surface area contributed by atoms with Crippen molar-refractivity contribution in [1.29, 1.82) is 0 Å². The molecular formula is C15H19N. The SMILES string of the molecule is CC1=C[C@@H]2CCNC[C@@H]2Cc2ccccc21. The number of hydrogen-bond donors (Lipinski definition) is 1. The maximum absolute atomic E-state index is 3.53. The molecule has 1 saturated heterocycles. The minimum Gasteiger partial charge on any atom is -0.316 e. The highest BCUT2D eigenvalue weighted by atomic mass is 14.9. The Morgan fingerprint density at radius 2 is 2.12 bits per heavy atom. The van der Waals surface area contributed by atoms with Gasteiger partial charge in [-0.3, -0.25) is 0 Å². The van der Waals surface area contributed by atoms with Crippen molar-refractivity contribution in [2.24, 2.45) is 11.8 Å². The Hall–Kier alpha value is -1.08. The number of benzene rings is 1. The quantitative estimate of drug-likeness (QED) is 0.698. The second-order valence-corrected chi connectivity index (χ2v) is 5.13. The van der Waals surface area contributed by atoms with Crippen molar-refractivity contribution in [2.75, 3.05) is 13.1 Å². The fourth-order valence-electron chi connectivity index (χ4n) is 3.16. The summed E-state index contributed by atoms with van der Waals surface area (Å²) in [6.07, 6.45) is 5.05. The van der Waals surface area contributed by atoms with Crippen LogP contribution in [0.5, 0.6) is 0 Å². The number of fused-ring (bicyclic) bond motifs is 2. The summed E-state index contributed by atoms with van der Waals surface area (Å²) in [5.41, 5.74) is 4.48. The number of allylic oxidation sites excluding steroid dienone is 2. The van der Waals surface area contributed by atoms with Crippen molar-refractivity contribution in [1.82, 2.24) is 5.32 Å². The van der Waals surface area contributed by atoms with Crippen molar-refractivity contribution < 1.29 is 0 Å². The first-order valence-electron chi connectivity index (χ1n) is 6.32. The van der Waals surface area contributed by atoms with Crippen LogP contribution in [0.1, 0.15) is 24.5 Å². The highest BCUT2D eigenvalue weighted by molar-refractivity contribution is 5.67. The normalized spacial score (nSPS) is 28.7. The molecule has 84 valence electrons. The average molecular weight is 213 g/mol.